The van der Waals surface area contributed by atoms with Crippen LogP contribution in [0, 0.1) is 11.8 Å². The van der Waals surface area contributed by atoms with E-state index in [1.54, 1.807) is 23.7 Å². The van der Waals surface area contributed by atoms with Crippen molar-refractivity contribution in [3.8, 4) is 11.8 Å². The molecule has 0 spiro atoms. The van der Waals surface area contributed by atoms with Gasteiger partial charge < -0.3 is 20.7 Å². The summed E-state index contributed by atoms with van der Waals surface area (Å²) in [6.45, 7) is 4.36. The monoisotopic (exact) mass is 559 g/mol. The zero-order valence-corrected chi connectivity index (χ0v) is 23.2. The summed E-state index contributed by atoms with van der Waals surface area (Å²) in [6, 6.07) is 3.39. The number of amides is 2. The predicted octanol–water partition coefficient (Wildman–Crippen LogP) is 3.36. The molecule has 206 valence electrons. The minimum Gasteiger partial charge on any atom is -0.383 e. The summed E-state index contributed by atoms with van der Waals surface area (Å²) in [5, 5.41) is 18.3. The lowest BCUT2D eigenvalue weighted by Gasteiger charge is -2.22. The topological polar surface area (TPSA) is 128 Å². The third kappa shape index (κ3) is 4.21. The summed E-state index contributed by atoms with van der Waals surface area (Å²) in [4.78, 5) is 26.7. The number of nitrogens with two attached hydrogens (primary N) is 1. The second-order valence-corrected chi connectivity index (χ2v) is 11.0. The third-order valence-electron chi connectivity index (χ3n) is 8.41. The van der Waals surface area contributed by atoms with Crippen LogP contribution in [0.3, 0.4) is 0 Å². The molecule has 2 aromatic heterocycles. The number of hydrogen-bond acceptors (Lipinski definition) is 7. The van der Waals surface area contributed by atoms with Crippen molar-refractivity contribution in [1.82, 2.24) is 24.9 Å². The Morgan fingerprint density at radius 1 is 1.25 bits per heavy atom. The van der Waals surface area contributed by atoms with Crippen molar-refractivity contribution in [3.63, 3.8) is 0 Å². The number of anilines is 1. The number of nitrogens with one attached hydrogen (secondary N) is 1. The molecule has 1 aromatic carbocycles. The van der Waals surface area contributed by atoms with Crippen LogP contribution in [-0.2, 0) is 9.53 Å². The number of hydrogen-bond donors (Lipinski definition) is 2. The van der Waals surface area contributed by atoms with Crippen LogP contribution in [0.1, 0.15) is 76.4 Å². The minimum absolute atomic E-state index is 0.157. The molecule has 11 heteroatoms. The molecule has 2 amide bonds. The molecular formula is C29H30ClN7O3. The van der Waals surface area contributed by atoms with E-state index in [-0.39, 0.29) is 29.2 Å². The third-order valence-corrected chi connectivity index (χ3v) is 8.72. The highest BCUT2D eigenvalue weighted by molar-refractivity contribution is 6.32. The van der Waals surface area contributed by atoms with Crippen molar-refractivity contribution in [3.05, 3.63) is 57.9 Å². The average Bonchev–Trinajstić information content (AvgIpc) is 3.73. The van der Waals surface area contributed by atoms with Gasteiger partial charge in [0.15, 0.2) is 5.69 Å². The number of likely N-dealkylation sites (tertiary alicyclic amines) is 1. The van der Waals surface area contributed by atoms with E-state index < -0.39 is 5.91 Å². The number of fused-ring (bicyclic) bond motifs is 7. The quantitative estimate of drug-likeness (QED) is 0.350. The van der Waals surface area contributed by atoms with Crippen LogP contribution in [0.4, 0.5) is 5.82 Å². The van der Waals surface area contributed by atoms with Crippen molar-refractivity contribution in [1.29, 1.82) is 0 Å². The molecule has 4 atom stereocenters. The summed E-state index contributed by atoms with van der Waals surface area (Å²) < 4.78 is 7.02. The Morgan fingerprint density at radius 2 is 2.05 bits per heavy atom. The number of methoxy groups -OCH3 is 1. The minimum atomic E-state index is -0.661. The van der Waals surface area contributed by atoms with Crippen LogP contribution in [-0.4, -0.2) is 70.0 Å². The first-order valence-electron chi connectivity index (χ1n) is 13.4. The first-order chi connectivity index (χ1) is 19.3. The second kappa shape index (κ2) is 10.2. The van der Waals surface area contributed by atoms with E-state index in [4.69, 9.17) is 22.1 Å². The van der Waals surface area contributed by atoms with Gasteiger partial charge in [0.2, 0.25) is 5.91 Å². The van der Waals surface area contributed by atoms with Crippen LogP contribution in [0.5, 0.6) is 0 Å². The molecule has 1 aliphatic heterocycles. The number of primary amides is 1. The Morgan fingerprint density at radius 3 is 2.77 bits per heavy atom. The van der Waals surface area contributed by atoms with Crippen LogP contribution in [0.2, 0.25) is 5.02 Å². The molecule has 2 aliphatic carbocycles. The molecule has 6 rings (SSSR count). The molecule has 2 fully saturated rings. The highest BCUT2D eigenvalue weighted by Gasteiger charge is 2.40. The number of ether oxygens (including phenoxy) is 1. The normalized spacial score (nSPS) is 22.7. The van der Waals surface area contributed by atoms with Crippen molar-refractivity contribution >= 4 is 40.1 Å². The lowest BCUT2D eigenvalue weighted by Crippen LogP contribution is -2.37. The largest absolute Gasteiger partial charge is 0.383 e. The maximum absolute atomic E-state index is 12.6. The van der Waals surface area contributed by atoms with Gasteiger partial charge in [-0.2, -0.15) is 15.3 Å². The Labute approximate surface area is 236 Å². The molecule has 2 bridgehead atoms. The summed E-state index contributed by atoms with van der Waals surface area (Å²) in [7, 11) is 3.28. The molecule has 3 heterocycles. The molecule has 2 unspecified atom stereocenters. The Balaban J connectivity index is 1.38. The summed E-state index contributed by atoms with van der Waals surface area (Å²) >= 11 is 6.71. The number of rotatable bonds is 6. The van der Waals surface area contributed by atoms with Gasteiger partial charge in [0.1, 0.15) is 11.4 Å². The van der Waals surface area contributed by atoms with Crippen LogP contribution >= 0.6 is 11.6 Å². The van der Waals surface area contributed by atoms with Gasteiger partial charge in [0, 0.05) is 37.6 Å². The van der Waals surface area contributed by atoms with Crippen LogP contribution in [0.15, 0.2) is 24.8 Å². The van der Waals surface area contributed by atoms with E-state index in [9.17, 15) is 9.59 Å². The van der Waals surface area contributed by atoms with E-state index in [0.29, 0.717) is 47.8 Å². The molecule has 0 radical (unpaired) electrons. The number of aromatic nitrogens is 4. The molecule has 40 heavy (non-hydrogen) atoms. The maximum atomic E-state index is 12.6. The van der Waals surface area contributed by atoms with Gasteiger partial charge >= 0.3 is 0 Å². The number of carbonyl (C=O) groups excluding carboxylic acids is 2. The van der Waals surface area contributed by atoms with Gasteiger partial charge in [-0.15, -0.1) is 0 Å². The van der Waals surface area contributed by atoms with Crippen LogP contribution in [0.25, 0.3) is 10.9 Å². The number of benzene rings is 1. The molecule has 10 nitrogen and oxygen atoms in total. The first-order valence-corrected chi connectivity index (χ1v) is 13.8. The average molecular weight is 560 g/mol. The van der Waals surface area contributed by atoms with Gasteiger partial charge in [-0.25, -0.2) is 4.68 Å². The van der Waals surface area contributed by atoms with Gasteiger partial charge in [-0.3, -0.25) is 9.59 Å². The standard InChI is InChI=1S/C29H30ClN7O3/c1-4-24(38)36-13-18(11-19(36)14-40-3)37-29(32-2)26(28(31)39)22(35-37)8-7-15-10-23-20(12-21(15)30)25-16-5-6-17(9-16)27(25)34-33-23/h4,10,12,16-19,32H,1,5-6,9,11,13-14H2,2-3H3,(H2,31,39)/t16?,17?,18-,19+/m0/s1. The smallest absolute Gasteiger partial charge is 0.255 e. The Kier molecular flexibility index (Phi) is 6.72. The predicted molar refractivity (Wildman–Crippen MR) is 151 cm³/mol. The summed E-state index contributed by atoms with van der Waals surface area (Å²) in [6.07, 6.45) is 5.36. The fourth-order valence-corrected chi connectivity index (χ4v) is 6.88. The zero-order valence-electron chi connectivity index (χ0n) is 22.4. The number of nitrogens with zero attached hydrogens (tertiary/aromatic N) is 5. The number of halogens is 1. The molecular weight excluding hydrogens is 530 g/mol. The van der Waals surface area contributed by atoms with Crippen molar-refractivity contribution in [2.75, 3.05) is 32.6 Å². The second-order valence-electron chi connectivity index (χ2n) is 10.6. The number of carbonyl (C=O) groups is 2. The van der Waals surface area contributed by atoms with E-state index in [1.807, 2.05) is 12.1 Å². The van der Waals surface area contributed by atoms with Crippen molar-refractivity contribution in [2.24, 2.45) is 5.73 Å². The van der Waals surface area contributed by atoms with E-state index in [1.165, 1.54) is 24.5 Å². The lowest BCUT2D eigenvalue weighted by molar-refractivity contribution is -0.127. The molecule has 1 saturated carbocycles. The van der Waals surface area contributed by atoms with Gasteiger partial charge in [0.05, 0.1) is 34.9 Å². The molecule has 3 aromatic rings. The first kappa shape index (κ1) is 26.3. The van der Waals surface area contributed by atoms with Gasteiger partial charge in [-0.1, -0.05) is 24.1 Å². The maximum Gasteiger partial charge on any atom is 0.255 e. The van der Waals surface area contributed by atoms with Crippen molar-refractivity contribution in [2.45, 2.75) is 49.6 Å². The SMILES string of the molecule is C=CC(=O)N1C[C@@H](n2nc(C#Cc3cc4nnc5c(c4cc3Cl)C3CCC5C3)c(C(N)=O)c2NC)C[C@@H]1COC. The van der Waals surface area contributed by atoms with E-state index in [0.717, 1.165) is 23.0 Å². The van der Waals surface area contributed by atoms with E-state index in [2.05, 4.69) is 39.0 Å². The summed E-state index contributed by atoms with van der Waals surface area (Å²) in [5.74, 6) is 6.71. The van der Waals surface area contributed by atoms with Crippen molar-refractivity contribution < 1.29 is 14.3 Å². The highest BCUT2D eigenvalue weighted by Crippen LogP contribution is 2.54. The van der Waals surface area contributed by atoms with Gasteiger partial charge in [0.25, 0.3) is 5.91 Å². The molecule has 1 saturated heterocycles. The van der Waals surface area contributed by atoms with Crippen LogP contribution < -0.4 is 11.1 Å². The van der Waals surface area contributed by atoms with E-state index >= 15 is 0 Å². The Hall–Kier alpha value is -3.94. The lowest BCUT2D eigenvalue weighted by atomic mass is 9.92. The fraction of sp³-hybridized carbons (Fsp3) is 0.414. The highest BCUT2D eigenvalue weighted by atomic mass is 35.5. The Bertz CT molecular complexity index is 1620. The fourth-order valence-electron chi connectivity index (χ4n) is 6.67. The summed E-state index contributed by atoms with van der Waals surface area (Å²) in [5.41, 5.74) is 9.90. The van der Waals surface area contributed by atoms with Gasteiger partial charge in [-0.05, 0) is 61.3 Å². The molecule has 3 N–H and O–H groups in total. The molecule has 3 aliphatic rings. The zero-order chi connectivity index (χ0) is 28.1.